The summed E-state index contributed by atoms with van der Waals surface area (Å²) in [4.78, 5) is 17.5. The Balaban J connectivity index is 1.51. The molecule has 5 nitrogen and oxygen atoms in total. The molecule has 190 valence electrons. The van der Waals surface area contributed by atoms with Gasteiger partial charge in [-0.1, -0.05) is 53.0 Å². The summed E-state index contributed by atoms with van der Waals surface area (Å²) in [5, 5.41) is 4.78. The van der Waals surface area contributed by atoms with E-state index in [9.17, 15) is 4.79 Å². The zero-order chi connectivity index (χ0) is 25.7. The molecular formula is C28H30Cl3N3O2. The van der Waals surface area contributed by atoms with Gasteiger partial charge in [-0.15, -0.1) is 0 Å². The highest BCUT2D eigenvalue weighted by atomic mass is 35.5. The Morgan fingerprint density at radius 3 is 2.22 bits per heavy atom. The Morgan fingerprint density at radius 1 is 0.889 bits per heavy atom. The average Bonchev–Trinajstić information content (AvgIpc) is 2.85. The van der Waals surface area contributed by atoms with Crippen LogP contribution in [0.3, 0.4) is 0 Å². The van der Waals surface area contributed by atoms with Gasteiger partial charge in [-0.25, -0.2) is 0 Å². The van der Waals surface area contributed by atoms with E-state index in [1.165, 1.54) is 0 Å². The number of rotatable bonds is 8. The minimum Gasteiger partial charge on any atom is -0.481 e. The number of nitrogens with zero attached hydrogens (tertiary/aromatic N) is 2. The van der Waals surface area contributed by atoms with Crippen molar-refractivity contribution in [3.63, 3.8) is 0 Å². The van der Waals surface area contributed by atoms with Gasteiger partial charge >= 0.3 is 0 Å². The molecule has 0 spiro atoms. The quantitative estimate of drug-likeness (QED) is 0.368. The molecule has 1 fully saturated rings. The molecular weight excluding hydrogens is 517 g/mol. The van der Waals surface area contributed by atoms with Crippen LogP contribution in [0.15, 0.2) is 60.7 Å². The molecule has 0 bridgehead atoms. The van der Waals surface area contributed by atoms with Gasteiger partial charge in [0.25, 0.3) is 5.91 Å². The Bertz CT molecular complexity index is 1170. The van der Waals surface area contributed by atoms with E-state index in [1.54, 1.807) is 13.0 Å². The third kappa shape index (κ3) is 7.37. The summed E-state index contributed by atoms with van der Waals surface area (Å²) in [5.41, 5.74) is 3.92. The summed E-state index contributed by atoms with van der Waals surface area (Å²) >= 11 is 18.5. The second kappa shape index (κ2) is 12.3. The lowest BCUT2D eigenvalue weighted by Crippen LogP contribution is -2.44. The molecule has 0 radical (unpaired) electrons. The molecule has 0 aromatic heterocycles. The van der Waals surface area contributed by atoms with Crippen molar-refractivity contribution in [3.8, 4) is 16.9 Å². The van der Waals surface area contributed by atoms with Gasteiger partial charge in [0.05, 0.1) is 0 Å². The van der Waals surface area contributed by atoms with Crippen LogP contribution in [0.25, 0.3) is 11.1 Å². The number of halogens is 3. The standard InChI is InChI=1S/C28H30Cl3N3O2/c1-19(28(35)32-17-20-3-6-24(29)7-4-20)36-27-8-5-21(22-14-25(30)16-26(31)15-22)13-23(27)18-34-11-9-33(2)10-12-34/h3-8,13-16,19H,9-12,17-18H2,1-2H3,(H,32,35). The van der Waals surface area contributed by atoms with E-state index in [-0.39, 0.29) is 5.91 Å². The van der Waals surface area contributed by atoms with Crippen LogP contribution in [0, 0.1) is 0 Å². The van der Waals surface area contributed by atoms with Crippen LogP contribution in [0.2, 0.25) is 15.1 Å². The molecule has 1 aliphatic heterocycles. The van der Waals surface area contributed by atoms with Crippen molar-refractivity contribution in [1.29, 1.82) is 0 Å². The van der Waals surface area contributed by atoms with Crippen molar-refractivity contribution >= 4 is 40.7 Å². The smallest absolute Gasteiger partial charge is 0.261 e. The van der Waals surface area contributed by atoms with Crippen LogP contribution < -0.4 is 10.1 Å². The first-order valence-corrected chi connectivity index (χ1v) is 13.1. The fourth-order valence-electron chi connectivity index (χ4n) is 4.14. The highest BCUT2D eigenvalue weighted by Crippen LogP contribution is 2.32. The van der Waals surface area contributed by atoms with Gasteiger partial charge in [0.2, 0.25) is 0 Å². The molecule has 3 aromatic rings. The summed E-state index contributed by atoms with van der Waals surface area (Å²) in [6, 6.07) is 18.9. The molecule has 36 heavy (non-hydrogen) atoms. The summed E-state index contributed by atoms with van der Waals surface area (Å²) in [5.74, 6) is 0.515. The third-order valence-corrected chi connectivity index (χ3v) is 6.99. The van der Waals surface area contributed by atoms with Gasteiger partial charge in [0.15, 0.2) is 6.10 Å². The van der Waals surface area contributed by atoms with Crippen molar-refractivity contribution < 1.29 is 9.53 Å². The molecule has 0 saturated carbocycles. The maximum absolute atomic E-state index is 12.8. The zero-order valence-corrected chi connectivity index (χ0v) is 22.7. The summed E-state index contributed by atoms with van der Waals surface area (Å²) in [6.45, 7) is 6.88. The van der Waals surface area contributed by atoms with E-state index in [2.05, 4.69) is 28.2 Å². The van der Waals surface area contributed by atoms with Crippen LogP contribution in [0.1, 0.15) is 18.1 Å². The molecule has 8 heteroatoms. The molecule has 0 aliphatic carbocycles. The summed E-state index contributed by atoms with van der Waals surface area (Å²) in [7, 11) is 2.14. The SMILES string of the molecule is CC(Oc1ccc(-c2cc(Cl)cc(Cl)c2)cc1CN1CCN(C)CC1)C(=O)NCc1ccc(Cl)cc1. The van der Waals surface area contributed by atoms with Gasteiger partial charge in [0.1, 0.15) is 5.75 Å². The first-order valence-electron chi connectivity index (χ1n) is 12.0. The number of amides is 1. The van der Waals surface area contributed by atoms with Crippen molar-refractivity contribution in [2.75, 3.05) is 33.2 Å². The third-order valence-electron chi connectivity index (χ3n) is 6.30. The normalized spacial score (nSPS) is 15.5. The van der Waals surface area contributed by atoms with E-state index in [1.807, 2.05) is 48.5 Å². The number of ether oxygens (including phenoxy) is 1. The Hall–Kier alpha value is -2.28. The van der Waals surface area contributed by atoms with E-state index < -0.39 is 6.10 Å². The van der Waals surface area contributed by atoms with E-state index in [0.717, 1.165) is 55.0 Å². The number of carbonyl (C=O) groups excluding carboxylic acids is 1. The minimum atomic E-state index is -0.657. The van der Waals surface area contributed by atoms with E-state index in [0.29, 0.717) is 27.4 Å². The maximum atomic E-state index is 12.8. The Labute approximate surface area is 227 Å². The zero-order valence-electron chi connectivity index (χ0n) is 20.4. The Kier molecular flexibility index (Phi) is 9.15. The van der Waals surface area contributed by atoms with E-state index >= 15 is 0 Å². The van der Waals surface area contributed by atoms with Crippen molar-refractivity contribution in [2.45, 2.75) is 26.1 Å². The molecule has 1 heterocycles. The molecule has 1 N–H and O–H groups in total. The van der Waals surface area contributed by atoms with Gasteiger partial charge in [-0.05, 0) is 73.1 Å². The van der Waals surface area contributed by atoms with Crippen molar-refractivity contribution in [2.24, 2.45) is 0 Å². The molecule has 1 unspecified atom stereocenters. The number of nitrogens with one attached hydrogen (secondary N) is 1. The Morgan fingerprint density at radius 2 is 1.56 bits per heavy atom. The lowest BCUT2D eigenvalue weighted by molar-refractivity contribution is -0.127. The molecule has 1 amide bonds. The van der Waals surface area contributed by atoms with Crippen LogP contribution in [0.5, 0.6) is 5.75 Å². The van der Waals surface area contributed by atoms with Crippen LogP contribution in [-0.4, -0.2) is 55.0 Å². The molecule has 1 atom stereocenters. The first-order chi connectivity index (χ1) is 17.3. The first kappa shape index (κ1) is 26.8. The fourth-order valence-corrected chi connectivity index (χ4v) is 4.80. The monoisotopic (exact) mass is 545 g/mol. The topological polar surface area (TPSA) is 44.8 Å². The lowest BCUT2D eigenvalue weighted by atomic mass is 10.0. The predicted octanol–water partition coefficient (Wildman–Crippen LogP) is 6.14. The number of likely N-dealkylation sites (N-methyl/N-ethyl adjacent to an activating group) is 1. The van der Waals surface area contributed by atoms with Gasteiger partial charge in [0, 0.05) is 59.9 Å². The largest absolute Gasteiger partial charge is 0.481 e. The summed E-state index contributed by atoms with van der Waals surface area (Å²) in [6.07, 6.45) is -0.657. The number of hydrogen-bond donors (Lipinski definition) is 1. The fraction of sp³-hybridized carbons (Fsp3) is 0.321. The molecule has 3 aromatic carbocycles. The van der Waals surface area contributed by atoms with Gasteiger partial charge in [-0.2, -0.15) is 0 Å². The lowest BCUT2D eigenvalue weighted by Gasteiger charge is -2.33. The highest BCUT2D eigenvalue weighted by molar-refractivity contribution is 6.35. The average molecular weight is 547 g/mol. The second-order valence-corrected chi connectivity index (χ2v) is 10.5. The van der Waals surface area contributed by atoms with Gasteiger partial charge < -0.3 is 15.0 Å². The summed E-state index contributed by atoms with van der Waals surface area (Å²) < 4.78 is 6.19. The minimum absolute atomic E-state index is 0.179. The number of piperazine rings is 1. The predicted molar refractivity (Wildman–Crippen MR) is 148 cm³/mol. The highest BCUT2D eigenvalue weighted by Gasteiger charge is 2.20. The van der Waals surface area contributed by atoms with Crippen LogP contribution in [-0.2, 0) is 17.9 Å². The van der Waals surface area contributed by atoms with Crippen LogP contribution >= 0.6 is 34.8 Å². The maximum Gasteiger partial charge on any atom is 0.261 e. The van der Waals surface area contributed by atoms with E-state index in [4.69, 9.17) is 39.5 Å². The van der Waals surface area contributed by atoms with Crippen molar-refractivity contribution in [3.05, 3.63) is 86.9 Å². The van der Waals surface area contributed by atoms with Crippen LogP contribution in [0.4, 0.5) is 0 Å². The van der Waals surface area contributed by atoms with Gasteiger partial charge in [-0.3, -0.25) is 9.69 Å². The van der Waals surface area contributed by atoms with Crippen molar-refractivity contribution in [1.82, 2.24) is 15.1 Å². The number of hydrogen-bond acceptors (Lipinski definition) is 4. The molecule has 1 aliphatic rings. The number of benzene rings is 3. The number of carbonyl (C=O) groups is 1. The molecule has 4 rings (SSSR count). The molecule has 1 saturated heterocycles. The second-order valence-electron chi connectivity index (χ2n) is 9.16.